The van der Waals surface area contributed by atoms with Crippen molar-refractivity contribution in [1.29, 1.82) is 0 Å². The lowest BCUT2D eigenvalue weighted by atomic mass is 9.75. The number of hydrogen-bond acceptors (Lipinski definition) is 4. The van der Waals surface area contributed by atoms with Gasteiger partial charge >= 0.3 is 0 Å². The second kappa shape index (κ2) is 8.85. The molecule has 7 heteroatoms. The molecule has 6 rings (SSSR count). The van der Waals surface area contributed by atoms with Crippen molar-refractivity contribution in [3.05, 3.63) is 101 Å². The summed E-state index contributed by atoms with van der Waals surface area (Å²) in [6, 6.07) is 25.6. The van der Waals surface area contributed by atoms with E-state index in [9.17, 15) is 4.79 Å². The van der Waals surface area contributed by atoms with Crippen LogP contribution in [0.3, 0.4) is 0 Å². The van der Waals surface area contributed by atoms with Crippen molar-refractivity contribution >= 4 is 27.4 Å². The molecule has 2 N–H and O–H groups in total. The number of benzene rings is 3. The van der Waals surface area contributed by atoms with Crippen LogP contribution in [-0.4, -0.2) is 25.3 Å². The normalized spacial score (nSPS) is 14.5. The maximum absolute atomic E-state index is 13.7. The Balaban J connectivity index is 1.66. The fourth-order valence-corrected chi connectivity index (χ4v) is 5.32. The molecule has 2 aromatic heterocycles. The van der Waals surface area contributed by atoms with E-state index in [2.05, 4.69) is 29.8 Å². The first kappa shape index (κ1) is 23.4. The second-order valence-corrected chi connectivity index (χ2v) is 11.2. The summed E-state index contributed by atoms with van der Waals surface area (Å²) in [5.74, 6) is 0.111. The number of halogens is 1. The summed E-state index contributed by atoms with van der Waals surface area (Å²) in [5, 5.41) is 10.0. The van der Waals surface area contributed by atoms with Crippen molar-refractivity contribution in [1.82, 2.24) is 19.6 Å². The van der Waals surface area contributed by atoms with Crippen LogP contribution in [0.2, 0.25) is 0 Å². The van der Waals surface area contributed by atoms with E-state index >= 15 is 0 Å². The molecule has 0 unspecified atom stereocenters. The topological polar surface area (TPSA) is 78.7 Å². The summed E-state index contributed by atoms with van der Waals surface area (Å²) >= 11 is 3.53. The van der Waals surface area contributed by atoms with E-state index in [0.717, 1.165) is 50.5 Å². The molecule has 0 atom stereocenters. The van der Waals surface area contributed by atoms with Gasteiger partial charge in [0.25, 0.3) is 0 Å². The van der Waals surface area contributed by atoms with Gasteiger partial charge in [0.05, 0.1) is 28.3 Å². The molecule has 0 saturated carbocycles. The number of carbonyl (C=O) groups excluding carboxylic acids is 1. The lowest BCUT2D eigenvalue weighted by Gasteiger charge is -2.27. The molecular weight excluding hydrogens is 526 g/mol. The SMILES string of the molecule is CC1(C)CC(=O)c2c(nn(-c3ccc(Br)cc3)c2-c2cn(-c3ccccc3)nc2-c2ccc(N)cc2)C1. The quantitative estimate of drug-likeness (QED) is 0.246. The van der Waals surface area contributed by atoms with Crippen LogP contribution in [0.4, 0.5) is 5.69 Å². The van der Waals surface area contributed by atoms with Crippen LogP contribution in [0.15, 0.2) is 89.5 Å². The van der Waals surface area contributed by atoms with Crippen LogP contribution in [-0.2, 0) is 6.42 Å². The molecule has 184 valence electrons. The lowest BCUT2D eigenvalue weighted by Crippen LogP contribution is -2.26. The first-order valence-corrected chi connectivity index (χ1v) is 13.0. The highest BCUT2D eigenvalue weighted by atomic mass is 79.9. The molecule has 5 aromatic rings. The zero-order valence-electron chi connectivity index (χ0n) is 20.6. The number of para-hydroxylation sites is 1. The Kier molecular flexibility index (Phi) is 5.60. The highest BCUT2D eigenvalue weighted by Crippen LogP contribution is 2.42. The number of anilines is 1. The van der Waals surface area contributed by atoms with E-state index in [0.29, 0.717) is 17.7 Å². The smallest absolute Gasteiger partial charge is 0.167 e. The second-order valence-electron chi connectivity index (χ2n) is 10.3. The highest BCUT2D eigenvalue weighted by molar-refractivity contribution is 9.10. The summed E-state index contributed by atoms with van der Waals surface area (Å²) in [6.45, 7) is 4.25. The third kappa shape index (κ3) is 4.29. The Morgan fingerprint density at radius 2 is 1.57 bits per heavy atom. The summed E-state index contributed by atoms with van der Waals surface area (Å²) < 4.78 is 4.75. The molecular formula is C30H26BrN5O. The average molecular weight is 552 g/mol. The van der Waals surface area contributed by atoms with Gasteiger partial charge in [-0.15, -0.1) is 0 Å². The average Bonchev–Trinajstić information content (AvgIpc) is 3.47. The van der Waals surface area contributed by atoms with E-state index in [1.807, 2.05) is 94.4 Å². The maximum Gasteiger partial charge on any atom is 0.167 e. The number of aromatic nitrogens is 4. The summed E-state index contributed by atoms with van der Waals surface area (Å²) in [4.78, 5) is 13.7. The molecule has 0 saturated heterocycles. The van der Waals surface area contributed by atoms with E-state index in [1.165, 1.54) is 0 Å². The molecule has 0 bridgehead atoms. The van der Waals surface area contributed by atoms with Gasteiger partial charge in [0, 0.05) is 33.9 Å². The molecule has 0 aliphatic heterocycles. The predicted octanol–water partition coefficient (Wildman–Crippen LogP) is 6.89. The number of nitrogen functional groups attached to an aromatic ring is 1. The summed E-state index contributed by atoms with van der Waals surface area (Å²) in [7, 11) is 0. The van der Waals surface area contributed by atoms with Crippen LogP contribution in [0.1, 0.15) is 36.3 Å². The monoisotopic (exact) mass is 551 g/mol. The van der Waals surface area contributed by atoms with Gasteiger partial charge in [-0.1, -0.05) is 60.1 Å². The van der Waals surface area contributed by atoms with Crippen molar-refractivity contribution in [2.45, 2.75) is 26.7 Å². The van der Waals surface area contributed by atoms with E-state index in [4.69, 9.17) is 15.9 Å². The van der Waals surface area contributed by atoms with E-state index in [-0.39, 0.29) is 11.2 Å². The third-order valence-corrected chi connectivity index (χ3v) is 7.30. The zero-order valence-corrected chi connectivity index (χ0v) is 22.2. The number of nitrogens with two attached hydrogens (primary N) is 1. The van der Waals surface area contributed by atoms with Crippen LogP contribution in [0, 0.1) is 5.41 Å². The first-order valence-electron chi connectivity index (χ1n) is 12.2. The van der Waals surface area contributed by atoms with Gasteiger partial charge in [0.2, 0.25) is 0 Å². The molecule has 2 heterocycles. The van der Waals surface area contributed by atoms with Gasteiger partial charge in [-0.2, -0.15) is 10.2 Å². The van der Waals surface area contributed by atoms with Gasteiger partial charge in [0.1, 0.15) is 5.69 Å². The van der Waals surface area contributed by atoms with E-state index in [1.54, 1.807) is 0 Å². The molecule has 3 aromatic carbocycles. The van der Waals surface area contributed by atoms with Gasteiger partial charge in [-0.05, 0) is 60.4 Å². The molecule has 0 radical (unpaired) electrons. The number of carbonyl (C=O) groups is 1. The molecule has 1 aliphatic carbocycles. The first-order chi connectivity index (χ1) is 17.8. The Hall–Kier alpha value is -3.97. The van der Waals surface area contributed by atoms with Crippen LogP contribution in [0.5, 0.6) is 0 Å². The van der Waals surface area contributed by atoms with E-state index < -0.39 is 0 Å². The Bertz CT molecular complexity index is 1610. The Labute approximate surface area is 223 Å². The van der Waals surface area contributed by atoms with Crippen molar-refractivity contribution in [3.8, 4) is 33.9 Å². The molecule has 1 aliphatic rings. The standard InChI is InChI=1S/C30H26BrN5O/c1-30(2)16-25-27(26(37)17-30)29(36(33-25)23-14-10-20(31)11-15-23)24-18-35(22-6-4-3-5-7-22)34-28(24)19-8-12-21(32)13-9-19/h3-15,18H,16-17,32H2,1-2H3. The molecule has 6 nitrogen and oxygen atoms in total. The van der Waals surface area contributed by atoms with Crippen molar-refractivity contribution in [3.63, 3.8) is 0 Å². The van der Waals surface area contributed by atoms with Gasteiger partial charge < -0.3 is 5.73 Å². The largest absolute Gasteiger partial charge is 0.399 e. The number of nitrogens with zero attached hydrogens (tertiary/aromatic N) is 4. The van der Waals surface area contributed by atoms with Crippen LogP contribution in [0.25, 0.3) is 33.9 Å². The summed E-state index contributed by atoms with van der Waals surface area (Å²) in [6.07, 6.45) is 3.21. The highest BCUT2D eigenvalue weighted by Gasteiger charge is 2.38. The number of Topliss-reactive ketones (excluding diaryl/α,β-unsaturated/α-hetero) is 1. The maximum atomic E-state index is 13.7. The fraction of sp³-hybridized carbons (Fsp3) is 0.167. The van der Waals surface area contributed by atoms with Gasteiger partial charge in [-0.25, -0.2) is 9.36 Å². The van der Waals surface area contributed by atoms with Gasteiger partial charge in [-0.3, -0.25) is 4.79 Å². The summed E-state index contributed by atoms with van der Waals surface area (Å²) in [5.41, 5.74) is 13.2. The van der Waals surface area contributed by atoms with Crippen molar-refractivity contribution in [2.24, 2.45) is 5.41 Å². The minimum absolute atomic E-state index is 0.111. The number of rotatable bonds is 4. The van der Waals surface area contributed by atoms with Crippen LogP contribution < -0.4 is 5.73 Å². The number of ketones is 1. The zero-order chi connectivity index (χ0) is 25.7. The minimum Gasteiger partial charge on any atom is -0.399 e. The lowest BCUT2D eigenvalue weighted by molar-refractivity contribution is 0.0912. The molecule has 0 amide bonds. The predicted molar refractivity (Wildman–Crippen MR) is 150 cm³/mol. The minimum atomic E-state index is -0.145. The Morgan fingerprint density at radius 3 is 2.27 bits per heavy atom. The van der Waals surface area contributed by atoms with Crippen molar-refractivity contribution in [2.75, 3.05) is 5.73 Å². The molecule has 0 fully saturated rings. The fourth-order valence-electron chi connectivity index (χ4n) is 5.05. The molecule has 37 heavy (non-hydrogen) atoms. The Morgan fingerprint density at radius 1 is 0.865 bits per heavy atom. The van der Waals surface area contributed by atoms with Crippen LogP contribution >= 0.6 is 15.9 Å². The number of hydrogen-bond donors (Lipinski definition) is 1. The van der Waals surface area contributed by atoms with Gasteiger partial charge in [0.15, 0.2) is 5.78 Å². The van der Waals surface area contributed by atoms with Crippen molar-refractivity contribution < 1.29 is 4.79 Å². The third-order valence-electron chi connectivity index (χ3n) is 6.77. The number of fused-ring (bicyclic) bond motifs is 1. The molecule has 0 spiro atoms.